The van der Waals surface area contributed by atoms with Gasteiger partial charge in [0.1, 0.15) is 6.04 Å². The van der Waals surface area contributed by atoms with Crippen LogP contribution in [0.25, 0.3) is 0 Å². The zero-order valence-corrected chi connectivity index (χ0v) is 10.6. The number of rotatable bonds is 3. The molecule has 0 bridgehead atoms. The molecule has 1 aromatic heterocycles. The van der Waals surface area contributed by atoms with E-state index in [2.05, 4.69) is 41.4 Å². The lowest BCUT2D eigenvalue weighted by molar-refractivity contribution is 0.364. The average molecular weight is 231 g/mol. The molecule has 1 aromatic carbocycles. The van der Waals surface area contributed by atoms with E-state index in [1.54, 1.807) is 0 Å². The van der Waals surface area contributed by atoms with Gasteiger partial charge in [-0.05, 0) is 44.9 Å². The molecule has 0 amide bonds. The highest BCUT2D eigenvalue weighted by molar-refractivity contribution is 5.54. The van der Waals surface area contributed by atoms with Crippen molar-refractivity contribution in [2.45, 2.75) is 33.7 Å². The summed E-state index contributed by atoms with van der Waals surface area (Å²) in [7, 11) is 0. The standard InChI is InChI=1S/C13H17N3O/c1-8-6-5-7-12(9(8)2)14-10(3)13-15-11(4)16-17-13/h5-7,10,14H,1-4H3. The van der Waals surface area contributed by atoms with Gasteiger partial charge in [0.05, 0.1) is 0 Å². The normalized spacial score (nSPS) is 12.5. The van der Waals surface area contributed by atoms with E-state index in [4.69, 9.17) is 4.52 Å². The minimum absolute atomic E-state index is 0.0108. The first kappa shape index (κ1) is 11.6. The highest BCUT2D eigenvalue weighted by Gasteiger charge is 2.13. The molecule has 0 saturated heterocycles. The van der Waals surface area contributed by atoms with Gasteiger partial charge >= 0.3 is 0 Å². The van der Waals surface area contributed by atoms with Crippen LogP contribution in [-0.2, 0) is 0 Å². The van der Waals surface area contributed by atoms with Crippen molar-refractivity contribution < 1.29 is 4.52 Å². The zero-order chi connectivity index (χ0) is 12.4. The van der Waals surface area contributed by atoms with E-state index in [0.717, 1.165) is 5.69 Å². The maximum absolute atomic E-state index is 5.14. The Morgan fingerprint density at radius 2 is 2.00 bits per heavy atom. The fourth-order valence-corrected chi connectivity index (χ4v) is 1.69. The van der Waals surface area contributed by atoms with Gasteiger partial charge in [0, 0.05) is 5.69 Å². The highest BCUT2D eigenvalue weighted by Crippen LogP contribution is 2.23. The number of aromatic nitrogens is 2. The van der Waals surface area contributed by atoms with Crippen LogP contribution < -0.4 is 5.32 Å². The van der Waals surface area contributed by atoms with Gasteiger partial charge in [0.15, 0.2) is 5.82 Å². The second kappa shape index (κ2) is 4.57. The van der Waals surface area contributed by atoms with Crippen LogP contribution in [0.3, 0.4) is 0 Å². The number of hydrogen-bond acceptors (Lipinski definition) is 4. The molecule has 0 aliphatic heterocycles. The molecule has 4 heteroatoms. The number of nitrogens with zero attached hydrogens (tertiary/aromatic N) is 2. The Kier molecular flexibility index (Phi) is 3.13. The first-order chi connectivity index (χ1) is 8.08. The molecule has 1 atom stereocenters. The molecule has 1 heterocycles. The van der Waals surface area contributed by atoms with E-state index in [1.807, 2.05) is 19.9 Å². The maximum Gasteiger partial charge on any atom is 0.248 e. The third-order valence-corrected chi connectivity index (χ3v) is 2.89. The third-order valence-electron chi connectivity index (χ3n) is 2.89. The van der Waals surface area contributed by atoms with E-state index in [9.17, 15) is 0 Å². The van der Waals surface area contributed by atoms with E-state index in [-0.39, 0.29) is 6.04 Å². The van der Waals surface area contributed by atoms with Crippen LogP contribution in [0.4, 0.5) is 5.69 Å². The van der Waals surface area contributed by atoms with Gasteiger partial charge in [0.2, 0.25) is 5.89 Å². The fraction of sp³-hybridized carbons (Fsp3) is 0.385. The van der Waals surface area contributed by atoms with E-state index in [0.29, 0.717) is 11.7 Å². The monoisotopic (exact) mass is 231 g/mol. The van der Waals surface area contributed by atoms with Crippen molar-refractivity contribution in [2.75, 3.05) is 5.32 Å². The van der Waals surface area contributed by atoms with Crippen molar-refractivity contribution in [3.05, 3.63) is 41.0 Å². The molecule has 2 rings (SSSR count). The molecule has 4 nitrogen and oxygen atoms in total. The Hall–Kier alpha value is -1.84. The minimum atomic E-state index is 0.0108. The molecule has 0 spiro atoms. The van der Waals surface area contributed by atoms with Crippen molar-refractivity contribution in [1.82, 2.24) is 10.1 Å². The van der Waals surface area contributed by atoms with Crippen LogP contribution in [0.15, 0.2) is 22.7 Å². The van der Waals surface area contributed by atoms with Gasteiger partial charge in [0.25, 0.3) is 0 Å². The number of aryl methyl sites for hydroxylation is 2. The molecular formula is C13H17N3O. The van der Waals surface area contributed by atoms with E-state index >= 15 is 0 Å². The second-order valence-electron chi connectivity index (χ2n) is 4.29. The SMILES string of the molecule is Cc1noc(C(C)Nc2cccc(C)c2C)n1. The van der Waals surface area contributed by atoms with E-state index < -0.39 is 0 Å². The Labute approximate surface area is 101 Å². The summed E-state index contributed by atoms with van der Waals surface area (Å²) >= 11 is 0. The van der Waals surface area contributed by atoms with Gasteiger partial charge < -0.3 is 9.84 Å². The smallest absolute Gasteiger partial charge is 0.248 e. The number of benzene rings is 1. The van der Waals surface area contributed by atoms with Gasteiger partial charge in [-0.2, -0.15) is 4.98 Å². The lowest BCUT2D eigenvalue weighted by Crippen LogP contribution is -2.08. The molecule has 0 aliphatic carbocycles. The summed E-state index contributed by atoms with van der Waals surface area (Å²) in [4.78, 5) is 4.22. The van der Waals surface area contributed by atoms with Gasteiger partial charge in [-0.15, -0.1) is 0 Å². The molecule has 2 aromatic rings. The lowest BCUT2D eigenvalue weighted by atomic mass is 10.1. The lowest BCUT2D eigenvalue weighted by Gasteiger charge is -2.14. The molecule has 0 radical (unpaired) electrons. The summed E-state index contributed by atoms with van der Waals surface area (Å²) in [6.07, 6.45) is 0. The van der Waals surface area contributed by atoms with Crippen LogP contribution in [0.5, 0.6) is 0 Å². The van der Waals surface area contributed by atoms with Crippen LogP contribution in [0.2, 0.25) is 0 Å². The summed E-state index contributed by atoms with van der Waals surface area (Å²) in [5.74, 6) is 1.28. The molecular weight excluding hydrogens is 214 g/mol. The third kappa shape index (κ3) is 2.46. The van der Waals surface area contributed by atoms with Crippen molar-refractivity contribution in [1.29, 1.82) is 0 Å². The Morgan fingerprint density at radius 1 is 1.24 bits per heavy atom. The summed E-state index contributed by atoms with van der Waals surface area (Å²) < 4.78 is 5.14. The summed E-state index contributed by atoms with van der Waals surface area (Å²) in [6, 6.07) is 6.21. The Balaban J connectivity index is 2.18. The van der Waals surface area contributed by atoms with Crippen molar-refractivity contribution in [2.24, 2.45) is 0 Å². The molecule has 0 aliphatic rings. The van der Waals surface area contributed by atoms with Crippen LogP contribution in [0, 0.1) is 20.8 Å². The minimum Gasteiger partial charge on any atom is -0.374 e. The molecule has 1 unspecified atom stereocenters. The number of nitrogens with one attached hydrogen (secondary N) is 1. The molecule has 0 fully saturated rings. The van der Waals surface area contributed by atoms with Crippen molar-refractivity contribution in [3.63, 3.8) is 0 Å². The topological polar surface area (TPSA) is 51.0 Å². The number of hydrogen-bond donors (Lipinski definition) is 1. The predicted octanol–water partition coefficient (Wildman–Crippen LogP) is 3.17. The Bertz CT molecular complexity index is 519. The molecule has 90 valence electrons. The predicted molar refractivity (Wildman–Crippen MR) is 67.0 cm³/mol. The van der Waals surface area contributed by atoms with Crippen molar-refractivity contribution >= 4 is 5.69 Å². The molecule has 1 N–H and O–H groups in total. The van der Waals surface area contributed by atoms with Gasteiger partial charge in [-0.1, -0.05) is 17.3 Å². The van der Waals surface area contributed by atoms with E-state index in [1.165, 1.54) is 11.1 Å². The fourth-order valence-electron chi connectivity index (χ4n) is 1.69. The Morgan fingerprint density at radius 3 is 2.65 bits per heavy atom. The van der Waals surface area contributed by atoms with Crippen LogP contribution >= 0.6 is 0 Å². The number of anilines is 1. The second-order valence-corrected chi connectivity index (χ2v) is 4.29. The molecule has 17 heavy (non-hydrogen) atoms. The quantitative estimate of drug-likeness (QED) is 0.881. The zero-order valence-electron chi connectivity index (χ0n) is 10.6. The average Bonchev–Trinajstić information content (AvgIpc) is 2.72. The van der Waals surface area contributed by atoms with Gasteiger partial charge in [-0.3, -0.25) is 0 Å². The van der Waals surface area contributed by atoms with Crippen LogP contribution in [-0.4, -0.2) is 10.1 Å². The maximum atomic E-state index is 5.14. The molecule has 0 saturated carbocycles. The highest BCUT2D eigenvalue weighted by atomic mass is 16.5. The summed E-state index contributed by atoms with van der Waals surface area (Å²) in [5.41, 5.74) is 3.62. The largest absolute Gasteiger partial charge is 0.374 e. The van der Waals surface area contributed by atoms with Crippen LogP contribution in [0.1, 0.15) is 35.8 Å². The van der Waals surface area contributed by atoms with Crippen molar-refractivity contribution in [3.8, 4) is 0 Å². The summed E-state index contributed by atoms with van der Waals surface area (Å²) in [6.45, 7) is 8.03. The first-order valence-electron chi connectivity index (χ1n) is 5.71. The first-order valence-corrected chi connectivity index (χ1v) is 5.71. The summed E-state index contributed by atoms with van der Waals surface area (Å²) in [5, 5.41) is 7.18. The van der Waals surface area contributed by atoms with Gasteiger partial charge in [-0.25, -0.2) is 0 Å².